The fraction of sp³-hybridized carbons (Fsp3) is 0.261. The number of aromatic nitrogens is 3. The molecule has 5 nitrogen and oxygen atoms in total. The van der Waals surface area contributed by atoms with E-state index in [9.17, 15) is 18.0 Å². The molecule has 1 amide bonds. The molecule has 1 N–H and O–H groups in total. The van der Waals surface area contributed by atoms with Crippen LogP contribution in [0.15, 0.2) is 36.4 Å². The molecule has 0 saturated carbocycles. The molecule has 34 heavy (non-hydrogen) atoms. The summed E-state index contributed by atoms with van der Waals surface area (Å²) in [4.78, 5) is 27.9. The summed E-state index contributed by atoms with van der Waals surface area (Å²) in [7, 11) is 0. The number of carbonyl (C=O) groups is 1. The Morgan fingerprint density at radius 1 is 1.21 bits per heavy atom. The molecule has 1 fully saturated rings. The minimum atomic E-state index is -4.53. The second-order valence-corrected chi connectivity index (χ2v) is 10.1. The Bertz CT molecular complexity index is 1420. The van der Waals surface area contributed by atoms with E-state index in [2.05, 4.69) is 15.0 Å². The fourth-order valence-corrected chi connectivity index (χ4v) is 5.60. The van der Waals surface area contributed by atoms with Gasteiger partial charge in [0.2, 0.25) is 0 Å². The number of hydrogen-bond donors (Lipinski definition) is 1. The van der Waals surface area contributed by atoms with Gasteiger partial charge < -0.3 is 9.88 Å². The third-order valence-electron chi connectivity index (χ3n) is 5.74. The predicted octanol–water partition coefficient (Wildman–Crippen LogP) is 7.30. The van der Waals surface area contributed by atoms with Crippen LogP contribution < -0.4 is 0 Å². The SMILES string of the molecule is Cc1nc(C(=O)N2CCCC2c2nc3c(Cl)cc(C(F)(F)F)cc3[nH]2)c(-c2cccc(Cl)c2)s1. The highest BCUT2D eigenvalue weighted by atomic mass is 35.5. The van der Waals surface area contributed by atoms with Crippen LogP contribution in [-0.2, 0) is 6.18 Å². The molecule has 0 radical (unpaired) electrons. The quantitative estimate of drug-likeness (QED) is 0.305. The molecule has 1 aliphatic rings. The van der Waals surface area contributed by atoms with Gasteiger partial charge in [-0.05, 0) is 49.6 Å². The van der Waals surface area contributed by atoms with Crippen molar-refractivity contribution < 1.29 is 18.0 Å². The number of H-pyrrole nitrogens is 1. The van der Waals surface area contributed by atoms with Gasteiger partial charge in [-0.25, -0.2) is 9.97 Å². The summed E-state index contributed by atoms with van der Waals surface area (Å²) in [6.07, 6.45) is -3.19. The first-order valence-corrected chi connectivity index (χ1v) is 12.0. The molecule has 2 aromatic heterocycles. The summed E-state index contributed by atoms with van der Waals surface area (Å²) in [5.74, 6) is 0.141. The van der Waals surface area contributed by atoms with Crippen LogP contribution in [0.25, 0.3) is 21.5 Å². The first-order chi connectivity index (χ1) is 16.1. The van der Waals surface area contributed by atoms with Crippen LogP contribution >= 0.6 is 34.5 Å². The van der Waals surface area contributed by atoms with Crippen molar-refractivity contribution in [3.8, 4) is 10.4 Å². The number of carbonyl (C=O) groups excluding carboxylic acids is 1. The maximum absolute atomic E-state index is 13.6. The van der Waals surface area contributed by atoms with Gasteiger partial charge in [0, 0.05) is 11.6 Å². The van der Waals surface area contributed by atoms with E-state index in [0.717, 1.165) is 34.0 Å². The summed E-state index contributed by atoms with van der Waals surface area (Å²) in [5, 5.41) is 1.20. The van der Waals surface area contributed by atoms with Crippen LogP contribution in [0, 0.1) is 6.92 Å². The van der Waals surface area contributed by atoms with Gasteiger partial charge in [0.05, 0.1) is 32.0 Å². The number of halogens is 5. The van der Waals surface area contributed by atoms with Crippen molar-refractivity contribution in [3.63, 3.8) is 0 Å². The Kier molecular flexibility index (Phi) is 5.82. The number of fused-ring (bicyclic) bond motifs is 1. The molecule has 1 atom stereocenters. The molecule has 11 heteroatoms. The van der Waals surface area contributed by atoms with Gasteiger partial charge >= 0.3 is 6.18 Å². The first-order valence-electron chi connectivity index (χ1n) is 10.4. The molecule has 0 bridgehead atoms. The number of thiazole rings is 1. The second kappa shape index (κ2) is 8.55. The van der Waals surface area contributed by atoms with E-state index in [1.807, 2.05) is 19.1 Å². The van der Waals surface area contributed by atoms with Crippen LogP contribution in [0.4, 0.5) is 13.2 Å². The maximum Gasteiger partial charge on any atom is 0.416 e. The Hall–Kier alpha value is -2.62. The molecular formula is C23H17Cl2F3N4OS. The lowest BCUT2D eigenvalue weighted by Gasteiger charge is -2.22. The maximum atomic E-state index is 13.6. The van der Waals surface area contributed by atoms with Gasteiger partial charge in [0.15, 0.2) is 0 Å². The summed E-state index contributed by atoms with van der Waals surface area (Å²) >= 11 is 13.7. The number of benzene rings is 2. The highest BCUT2D eigenvalue weighted by Crippen LogP contribution is 2.39. The van der Waals surface area contributed by atoms with Crippen molar-refractivity contribution in [3.05, 3.63) is 68.5 Å². The normalized spacial score (nSPS) is 16.5. The van der Waals surface area contributed by atoms with Crippen LogP contribution in [0.1, 0.15) is 45.8 Å². The zero-order chi connectivity index (χ0) is 24.2. The summed E-state index contributed by atoms with van der Waals surface area (Å²) in [6, 6.07) is 8.64. The lowest BCUT2D eigenvalue weighted by atomic mass is 10.1. The second-order valence-electron chi connectivity index (χ2n) is 8.05. The van der Waals surface area contributed by atoms with Crippen molar-refractivity contribution in [2.75, 3.05) is 6.54 Å². The number of likely N-dealkylation sites (tertiary alicyclic amines) is 1. The Morgan fingerprint density at radius 3 is 2.74 bits per heavy atom. The average molecular weight is 525 g/mol. The summed E-state index contributed by atoms with van der Waals surface area (Å²) in [6.45, 7) is 2.31. The number of alkyl halides is 3. The summed E-state index contributed by atoms with van der Waals surface area (Å²) < 4.78 is 39.6. The third kappa shape index (κ3) is 4.16. The van der Waals surface area contributed by atoms with E-state index in [0.29, 0.717) is 29.5 Å². The molecule has 2 aromatic carbocycles. The Balaban J connectivity index is 1.51. The number of hydrogen-bond acceptors (Lipinski definition) is 4. The molecular weight excluding hydrogens is 508 g/mol. The number of aryl methyl sites for hydroxylation is 1. The van der Waals surface area contributed by atoms with Crippen molar-refractivity contribution >= 4 is 51.5 Å². The molecule has 1 saturated heterocycles. The zero-order valence-corrected chi connectivity index (χ0v) is 20.0. The standard InChI is InChI=1S/C23H17Cl2F3N4OS/c1-11-29-19(20(34-11)12-4-2-5-14(24)8-12)22(33)32-7-3-6-17(32)21-30-16-10-13(23(26,27)28)9-15(25)18(16)31-21/h2,4-5,8-10,17H,3,6-7H2,1H3,(H,30,31). The van der Waals surface area contributed by atoms with Gasteiger partial charge in [-0.3, -0.25) is 4.79 Å². The first kappa shape index (κ1) is 23.1. The van der Waals surface area contributed by atoms with E-state index in [4.69, 9.17) is 23.2 Å². The minimum absolute atomic E-state index is 0.0958. The van der Waals surface area contributed by atoms with Crippen molar-refractivity contribution in [2.24, 2.45) is 0 Å². The van der Waals surface area contributed by atoms with Crippen LogP contribution in [0.2, 0.25) is 10.0 Å². The molecule has 0 aliphatic carbocycles. The van der Waals surface area contributed by atoms with Gasteiger partial charge in [0.25, 0.3) is 5.91 Å². The number of nitrogens with zero attached hydrogens (tertiary/aromatic N) is 3. The van der Waals surface area contributed by atoms with Gasteiger partial charge in [-0.15, -0.1) is 11.3 Å². The minimum Gasteiger partial charge on any atom is -0.340 e. The molecule has 4 aromatic rings. The smallest absolute Gasteiger partial charge is 0.340 e. The fourth-order valence-electron chi connectivity index (χ4n) is 4.24. The molecule has 5 rings (SSSR count). The zero-order valence-electron chi connectivity index (χ0n) is 17.7. The van der Waals surface area contributed by atoms with Crippen molar-refractivity contribution in [1.29, 1.82) is 0 Å². The van der Waals surface area contributed by atoms with Crippen LogP contribution in [0.5, 0.6) is 0 Å². The van der Waals surface area contributed by atoms with Gasteiger partial charge in [-0.2, -0.15) is 13.2 Å². The van der Waals surface area contributed by atoms with E-state index in [1.165, 1.54) is 11.3 Å². The van der Waals surface area contributed by atoms with Crippen molar-refractivity contribution in [1.82, 2.24) is 19.9 Å². The monoisotopic (exact) mass is 524 g/mol. The summed E-state index contributed by atoms with van der Waals surface area (Å²) in [5.41, 5.74) is 0.688. The number of imidazole rings is 1. The van der Waals surface area contributed by atoms with E-state index >= 15 is 0 Å². The molecule has 0 spiro atoms. The highest BCUT2D eigenvalue weighted by molar-refractivity contribution is 7.15. The lowest BCUT2D eigenvalue weighted by Crippen LogP contribution is -2.31. The highest BCUT2D eigenvalue weighted by Gasteiger charge is 2.36. The van der Waals surface area contributed by atoms with E-state index < -0.39 is 17.8 Å². The van der Waals surface area contributed by atoms with Gasteiger partial charge in [-0.1, -0.05) is 35.3 Å². The van der Waals surface area contributed by atoms with E-state index in [1.54, 1.807) is 17.0 Å². The number of rotatable bonds is 3. The Labute approximate surface area is 206 Å². The molecule has 1 aliphatic heterocycles. The number of amides is 1. The van der Waals surface area contributed by atoms with E-state index in [-0.39, 0.29) is 22.0 Å². The van der Waals surface area contributed by atoms with Gasteiger partial charge in [0.1, 0.15) is 17.0 Å². The lowest BCUT2D eigenvalue weighted by molar-refractivity contribution is -0.137. The number of nitrogens with one attached hydrogen (secondary N) is 1. The molecule has 1 unspecified atom stereocenters. The molecule has 3 heterocycles. The largest absolute Gasteiger partial charge is 0.416 e. The number of aromatic amines is 1. The van der Waals surface area contributed by atoms with Crippen LogP contribution in [-0.4, -0.2) is 32.3 Å². The predicted molar refractivity (Wildman–Crippen MR) is 126 cm³/mol. The third-order valence-corrected chi connectivity index (χ3v) is 7.28. The Morgan fingerprint density at radius 2 is 2.00 bits per heavy atom. The average Bonchev–Trinajstić information content (AvgIpc) is 3.50. The van der Waals surface area contributed by atoms with Crippen molar-refractivity contribution in [2.45, 2.75) is 32.0 Å². The van der Waals surface area contributed by atoms with Crippen LogP contribution in [0.3, 0.4) is 0 Å². The topological polar surface area (TPSA) is 61.9 Å². The molecule has 176 valence electrons.